The van der Waals surface area contributed by atoms with Crippen molar-refractivity contribution in [1.82, 2.24) is 21.2 Å². The number of hydrazine groups is 1. The van der Waals surface area contributed by atoms with Crippen molar-refractivity contribution in [2.75, 3.05) is 5.75 Å². The van der Waals surface area contributed by atoms with Gasteiger partial charge in [0.2, 0.25) is 5.91 Å². The summed E-state index contributed by atoms with van der Waals surface area (Å²) in [5.41, 5.74) is 8.73. The molecule has 2 aromatic rings. The van der Waals surface area contributed by atoms with E-state index in [2.05, 4.69) is 52.3 Å². The van der Waals surface area contributed by atoms with E-state index < -0.39 is 0 Å². The summed E-state index contributed by atoms with van der Waals surface area (Å²) in [7, 11) is 0. The third-order valence-corrected chi connectivity index (χ3v) is 5.82. The molecule has 2 saturated heterocycles. The highest BCUT2D eigenvalue weighted by atomic mass is 32.2. The third kappa shape index (κ3) is 2.37. The van der Waals surface area contributed by atoms with E-state index in [1.807, 2.05) is 12.3 Å². The summed E-state index contributed by atoms with van der Waals surface area (Å²) < 4.78 is 0. The summed E-state index contributed by atoms with van der Waals surface area (Å²) in [4.78, 5) is 16.3. The van der Waals surface area contributed by atoms with Crippen LogP contribution in [-0.4, -0.2) is 28.9 Å². The van der Waals surface area contributed by atoms with Gasteiger partial charge < -0.3 is 5.32 Å². The van der Waals surface area contributed by atoms with Gasteiger partial charge in [0, 0.05) is 28.8 Å². The number of carbonyl (C=O) groups excluding carboxylic acids is 1. The third-order valence-electron chi connectivity index (χ3n) is 4.44. The molecule has 2 aliphatic heterocycles. The molecule has 2 fully saturated rings. The van der Waals surface area contributed by atoms with Crippen LogP contribution >= 0.6 is 11.8 Å². The van der Waals surface area contributed by atoms with Gasteiger partial charge in [0.05, 0.1) is 17.4 Å². The van der Waals surface area contributed by atoms with Crippen molar-refractivity contribution in [3.05, 3.63) is 42.1 Å². The highest BCUT2D eigenvalue weighted by molar-refractivity contribution is 8.00. The Kier molecular flexibility index (Phi) is 3.52. The molecule has 5 nitrogen and oxygen atoms in total. The summed E-state index contributed by atoms with van der Waals surface area (Å²) in [5.74, 6) is 0.899. The molecule has 3 N–H and O–H groups in total. The number of carbonyl (C=O) groups is 1. The molecule has 0 bridgehead atoms. The van der Waals surface area contributed by atoms with Crippen LogP contribution in [0.5, 0.6) is 0 Å². The highest BCUT2D eigenvalue weighted by Gasteiger charge is 2.42. The largest absolute Gasteiger partial charge is 0.338 e. The first-order valence-corrected chi connectivity index (χ1v) is 8.54. The molecule has 0 spiro atoms. The number of aromatic nitrogens is 1. The number of pyridine rings is 1. The average Bonchev–Trinajstić information content (AvgIpc) is 2.79. The van der Waals surface area contributed by atoms with Gasteiger partial charge in [-0.05, 0) is 30.7 Å². The Bertz CT molecular complexity index is 722. The molecule has 4 rings (SSSR count). The quantitative estimate of drug-likeness (QED) is 0.746. The second kappa shape index (κ2) is 5.53. The monoisotopic (exact) mass is 314 g/mol. The Morgan fingerprint density at radius 2 is 2.18 bits per heavy atom. The standard InChI is InChI=1S/C16H18N4OS/c1-9-14-15(22-8-13(21)18-16(14)20-19-9)11-4-5-12-10(7-11)3-2-6-17-12/h2-7,9,14-16,19-20H,8H2,1H3,(H,18,21). The second-order valence-corrected chi connectivity index (χ2v) is 7.02. The lowest BCUT2D eigenvalue weighted by molar-refractivity contribution is -0.119. The molecule has 4 atom stereocenters. The van der Waals surface area contributed by atoms with Gasteiger partial charge >= 0.3 is 0 Å². The first-order valence-electron chi connectivity index (χ1n) is 7.49. The van der Waals surface area contributed by atoms with Crippen molar-refractivity contribution in [1.29, 1.82) is 0 Å². The number of thioether (sulfide) groups is 1. The zero-order valence-corrected chi connectivity index (χ0v) is 13.1. The van der Waals surface area contributed by atoms with Gasteiger partial charge in [-0.15, -0.1) is 11.8 Å². The molecular formula is C16H18N4OS. The van der Waals surface area contributed by atoms with E-state index in [1.54, 1.807) is 11.8 Å². The fraction of sp³-hybridized carbons (Fsp3) is 0.375. The van der Waals surface area contributed by atoms with E-state index >= 15 is 0 Å². The van der Waals surface area contributed by atoms with E-state index in [-0.39, 0.29) is 17.3 Å². The molecule has 114 valence electrons. The van der Waals surface area contributed by atoms with Crippen LogP contribution in [0.15, 0.2) is 36.5 Å². The van der Waals surface area contributed by atoms with Gasteiger partial charge in [-0.3, -0.25) is 15.2 Å². The van der Waals surface area contributed by atoms with Crippen LogP contribution in [0, 0.1) is 5.92 Å². The highest BCUT2D eigenvalue weighted by Crippen LogP contribution is 2.42. The summed E-state index contributed by atoms with van der Waals surface area (Å²) in [6.07, 6.45) is 1.79. The number of amides is 1. The zero-order valence-electron chi connectivity index (χ0n) is 12.2. The lowest BCUT2D eigenvalue weighted by atomic mass is 9.91. The van der Waals surface area contributed by atoms with Gasteiger partial charge in [0.25, 0.3) is 0 Å². The molecule has 22 heavy (non-hydrogen) atoms. The molecule has 4 unspecified atom stereocenters. The first kappa shape index (κ1) is 14.0. The van der Waals surface area contributed by atoms with Crippen LogP contribution < -0.4 is 16.2 Å². The molecule has 1 aromatic heterocycles. The molecule has 1 aromatic carbocycles. The molecule has 0 aliphatic carbocycles. The maximum absolute atomic E-state index is 11.9. The second-order valence-electron chi connectivity index (χ2n) is 5.89. The van der Waals surface area contributed by atoms with Crippen LogP contribution in [0.4, 0.5) is 0 Å². The van der Waals surface area contributed by atoms with Gasteiger partial charge in [0.15, 0.2) is 0 Å². The van der Waals surface area contributed by atoms with E-state index in [0.717, 1.165) is 10.9 Å². The Hall–Kier alpha value is -1.63. The van der Waals surface area contributed by atoms with Crippen molar-refractivity contribution < 1.29 is 4.79 Å². The molecular weight excluding hydrogens is 296 g/mol. The zero-order chi connectivity index (χ0) is 15.1. The van der Waals surface area contributed by atoms with Crippen molar-refractivity contribution in [2.45, 2.75) is 24.4 Å². The van der Waals surface area contributed by atoms with Crippen LogP contribution in [0.3, 0.4) is 0 Å². The topological polar surface area (TPSA) is 66.0 Å². The SMILES string of the molecule is CC1NNC2NC(=O)CSC(c3ccc4ncccc4c3)C12. The Balaban J connectivity index is 1.75. The van der Waals surface area contributed by atoms with Crippen molar-refractivity contribution in [2.24, 2.45) is 5.92 Å². The fourth-order valence-electron chi connectivity index (χ4n) is 3.35. The predicted octanol–water partition coefficient (Wildman–Crippen LogP) is 1.58. The normalized spacial score (nSPS) is 31.6. The van der Waals surface area contributed by atoms with Crippen molar-refractivity contribution >= 4 is 28.6 Å². The summed E-state index contributed by atoms with van der Waals surface area (Å²) >= 11 is 1.72. The number of hydrogen-bond acceptors (Lipinski definition) is 5. The van der Waals surface area contributed by atoms with E-state index in [9.17, 15) is 4.79 Å². The lowest BCUT2D eigenvalue weighted by Gasteiger charge is -2.27. The minimum Gasteiger partial charge on any atom is -0.338 e. The predicted molar refractivity (Wildman–Crippen MR) is 88.1 cm³/mol. The Morgan fingerprint density at radius 1 is 1.27 bits per heavy atom. The molecule has 2 aliphatic rings. The first-order chi connectivity index (χ1) is 10.7. The maximum atomic E-state index is 11.9. The summed E-state index contributed by atoms with van der Waals surface area (Å²) in [6, 6.07) is 10.8. The van der Waals surface area contributed by atoms with Crippen LogP contribution in [0.1, 0.15) is 17.7 Å². The number of rotatable bonds is 1. The maximum Gasteiger partial charge on any atom is 0.231 e. The van der Waals surface area contributed by atoms with Crippen molar-refractivity contribution in [3.63, 3.8) is 0 Å². The molecule has 0 radical (unpaired) electrons. The number of benzene rings is 1. The molecule has 1 amide bonds. The number of nitrogens with one attached hydrogen (secondary N) is 3. The van der Waals surface area contributed by atoms with E-state index in [4.69, 9.17) is 0 Å². The van der Waals surface area contributed by atoms with E-state index in [0.29, 0.717) is 17.7 Å². The van der Waals surface area contributed by atoms with Gasteiger partial charge in [-0.1, -0.05) is 12.1 Å². The smallest absolute Gasteiger partial charge is 0.231 e. The molecule has 3 heterocycles. The van der Waals surface area contributed by atoms with Crippen LogP contribution in [-0.2, 0) is 4.79 Å². The number of fused-ring (bicyclic) bond motifs is 2. The van der Waals surface area contributed by atoms with Gasteiger partial charge in [0.1, 0.15) is 0 Å². The number of nitrogens with zero attached hydrogens (tertiary/aromatic N) is 1. The van der Waals surface area contributed by atoms with Gasteiger partial charge in [-0.2, -0.15) is 0 Å². The minimum atomic E-state index is -0.0212. The summed E-state index contributed by atoms with van der Waals surface area (Å²) in [5, 5.41) is 4.48. The van der Waals surface area contributed by atoms with Crippen LogP contribution in [0.25, 0.3) is 10.9 Å². The Labute approximate surface area is 133 Å². The lowest BCUT2D eigenvalue weighted by Crippen LogP contribution is -2.46. The average molecular weight is 314 g/mol. The Morgan fingerprint density at radius 3 is 3.09 bits per heavy atom. The minimum absolute atomic E-state index is 0.0212. The molecule has 6 heteroatoms. The van der Waals surface area contributed by atoms with Crippen molar-refractivity contribution in [3.8, 4) is 0 Å². The number of hydrogen-bond donors (Lipinski definition) is 3. The fourth-order valence-corrected chi connectivity index (χ4v) is 4.72. The molecule has 0 saturated carbocycles. The summed E-state index contributed by atoms with van der Waals surface area (Å²) in [6.45, 7) is 2.16. The van der Waals surface area contributed by atoms with Gasteiger partial charge in [-0.25, -0.2) is 5.43 Å². The van der Waals surface area contributed by atoms with Crippen LogP contribution in [0.2, 0.25) is 0 Å². The van der Waals surface area contributed by atoms with E-state index in [1.165, 1.54) is 5.56 Å².